The lowest BCUT2D eigenvalue weighted by Gasteiger charge is -2.39. The van der Waals surface area contributed by atoms with Gasteiger partial charge in [-0.25, -0.2) is 0 Å². The Balaban J connectivity index is 1.39. The predicted octanol–water partition coefficient (Wildman–Crippen LogP) is 4.36. The fourth-order valence-electron chi connectivity index (χ4n) is 4.26. The summed E-state index contributed by atoms with van der Waals surface area (Å²) < 4.78 is 45.2. The number of benzene rings is 1. The Morgan fingerprint density at radius 3 is 2.63 bits per heavy atom. The van der Waals surface area contributed by atoms with E-state index in [0.29, 0.717) is 24.9 Å². The number of amides is 1. The number of hydrogen-bond donors (Lipinski definition) is 0. The number of carbonyl (C=O) groups excluding carboxylic acids is 1. The number of nitriles is 1. The van der Waals surface area contributed by atoms with E-state index in [1.165, 1.54) is 6.07 Å². The molecule has 8 heteroatoms. The summed E-state index contributed by atoms with van der Waals surface area (Å²) in [4.78, 5) is 19.0. The van der Waals surface area contributed by atoms with Crippen molar-refractivity contribution >= 4 is 5.91 Å². The molecule has 0 bridgehead atoms. The van der Waals surface area contributed by atoms with Crippen LogP contribution >= 0.6 is 0 Å². The monoisotopic (exact) mass is 415 g/mol. The number of aromatic nitrogens is 1. The van der Waals surface area contributed by atoms with E-state index >= 15 is 0 Å². The number of nitrogens with zero attached hydrogens (tertiary/aromatic N) is 3. The normalized spacial score (nSPS) is 21.7. The summed E-state index contributed by atoms with van der Waals surface area (Å²) in [5.41, 5.74) is 0.0794. The van der Waals surface area contributed by atoms with Crippen LogP contribution in [-0.4, -0.2) is 34.5 Å². The van der Waals surface area contributed by atoms with Crippen molar-refractivity contribution in [2.24, 2.45) is 0 Å². The van der Waals surface area contributed by atoms with Crippen molar-refractivity contribution in [1.29, 1.82) is 5.26 Å². The van der Waals surface area contributed by atoms with E-state index in [2.05, 4.69) is 4.98 Å². The average molecular weight is 415 g/mol. The van der Waals surface area contributed by atoms with Crippen LogP contribution in [0.2, 0.25) is 0 Å². The summed E-state index contributed by atoms with van der Waals surface area (Å²) in [6.07, 6.45) is 0.349. The molecule has 0 spiro atoms. The molecule has 0 N–H and O–H groups in total. The number of carbonyl (C=O) groups is 1. The van der Waals surface area contributed by atoms with Gasteiger partial charge in [-0.05, 0) is 56.0 Å². The molecule has 1 aromatic carbocycles. The van der Waals surface area contributed by atoms with Crippen molar-refractivity contribution in [2.75, 3.05) is 6.54 Å². The molecule has 0 saturated heterocycles. The molecule has 156 valence electrons. The van der Waals surface area contributed by atoms with Gasteiger partial charge in [-0.1, -0.05) is 0 Å². The molecule has 4 rings (SSSR count). The second-order valence-electron chi connectivity index (χ2n) is 7.61. The zero-order valence-electron chi connectivity index (χ0n) is 16.2. The van der Waals surface area contributed by atoms with Gasteiger partial charge >= 0.3 is 6.18 Å². The highest BCUT2D eigenvalue weighted by Gasteiger charge is 2.35. The summed E-state index contributed by atoms with van der Waals surface area (Å²) in [6.45, 7) is 0.629. The lowest BCUT2D eigenvalue weighted by atomic mass is 9.90. The zero-order chi connectivity index (χ0) is 21.3. The van der Waals surface area contributed by atoms with Crippen molar-refractivity contribution in [3.63, 3.8) is 0 Å². The van der Waals surface area contributed by atoms with Crippen LogP contribution in [-0.2, 0) is 12.6 Å². The molecule has 1 saturated carbocycles. The van der Waals surface area contributed by atoms with Crippen molar-refractivity contribution in [3.05, 3.63) is 58.9 Å². The van der Waals surface area contributed by atoms with Gasteiger partial charge in [0.15, 0.2) is 0 Å². The van der Waals surface area contributed by atoms with Gasteiger partial charge in [-0.3, -0.25) is 9.78 Å². The molecule has 2 aliphatic rings. The van der Waals surface area contributed by atoms with Gasteiger partial charge in [-0.2, -0.15) is 18.4 Å². The van der Waals surface area contributed by atoms with Crippen LogP contribution in [0.3, 0.4) is 0 Å². The van der Waals surface area contributed by atoms with Gasteiger partial charge in [0.05, 0.1) is 34.6 Å². The topological polar surface area (TPSA) is 66.2 Å². The highest BCUT2D eigenvalue weighted by Crippen LogP contribution is 2.35. The molecule has 1 fully saturated rings. The Kier molecular flexibility index (Phi) is 5.37. The van der Waals surface area contributed by atoms with Crippen LogP contribution in [0.25, 0.3) is 0 Å². The van der Waals surface area contributed by atoms with Gasteiger partial charge in [0.2, 0.25) is 0 Å². The van der Waals surface area contributed by atoms with Crippen molar-refractivity contribution in [1.82, 2.24) is 9.88 Å². The standard InChI is InChI=1S/C22H20F3N3O2/c23-22(24,25)19-12-17(6-3-14(19)13-26)30-16-7-4-15(5-8-16)28-11-9-20-18(21(28)29)2-1-10-27-20/h1-3,6,10,12,15-16H,4-5,7-9,11H2/t15-,16-. The van der Waals surface area contributed by atoms with E-state index in [1.54, 1.807) is 24.4 Å². The first kappa shape index (κ1) is 20.2. The van der Waals surface area contributed by atoms with E-state index in [9.17, 15) is 18.0 Å². The van der Waals surface area contributed by atoms with E-state index < -0.39 is 17.3 Å². The predicted molar refractivity (Wildman–Crippen MR) is 102 cm³/mol. The minimum Gasteiger partial charge on any atom is -0.490 e. The molecule has 1 aliphatic heterocycles. The molecule has 0 unspecified atom stereocenters. The maximum absolute atomic E-state index is 13.1. The highest BCUT2D eigenvalue weighted by atomic mass is 19.4. The van der Waals surface area contributed by atoms with E-state index in [1.807, 2.05) is 4.90 Å². The van der Waals surface area contributed by atoms with Crippen LogP contribution in [0.1, 0.15) is 52.9 Å². The number of hydrogen-bond acceptors (Lipinski definition) is 4. The average Bonchev–Trinajstić information content (AvgIpc) is 2.74. The lowest BCUT2D eigenvalue weighted by Crippen LogP contribution is -2.47. The van der Waals surface area contributed by atoms with Crippen LogP contribution in [0.5, 0.6) is 5.75 Å². The van der Waals surface area contributed by atoms with Gasteiger partial charge < -0.3 is 9.64 Å². The van der Waals surface area contributed by atoms with Crippen LogP contribution in [0, 0.1) is 11.3 Å². The molecule has 2 heterocycles. The maximum Gasteiger partial charge on any atom is 0.417 e. The smallest absolute Gasteiger partial charge is 0.417 e. The van der Waals surface area contributed by atoms with Crippen molar-refractivity contribution in [3.8, 4) is 11.8 Å². The molecular formula is C22H20F3N3O2. The summed E-state index contributed by atoms with van der Waals surface area (Å²) in [7, 11) is 0. The molecular weight excluding hydrogens is 395 g/mol. The third kappa shape index (κ3) is 3.97. The molecule has 30 heavy (non-hydrogen) atoms. The quantitative estimate of drug-likeness (QED) is 0.747. The number of ether oxygens (including phenoxy) is 1. The Morgan fingerprint density at radius 2 is 1.93 bits per heavy atom. The minimum atomic E-state index is -4.61. The van der Waals surface area contributed by atoms with Crippen molar-refractivity contribution < 1.29 is 22.7 Å². The number of alkyl halides is 3. The van der Waals surface area contributed by atoms with Gasteiger partial charge in [0, 0.05) is 25.2 Å². The maximum atomic E-state index is 13.1. The molecule has 2 aromatic rings. The summed E-state index contributed by atoms with van der Waals surface area (Å²) in [5, 5.41) is 8.90. The van der Waals surface area contributed by atoms with Crippen LogP contribution in [0.4, 0.5) is 13.2 Å². The second kappa shape index (κ2) is 7.98. The fourth-order valence-corrected chi connectivity index (χ4v) is 4.26. The Hall–Kier alpha value is -3.08. The fraction of sp³-hybridized carbons (Fsp3) is 0.409. The van der Waals surface area contributed by atoms with E-state index in [4.69, 9.17) is 10.00 Å². The number of pyridine rings is 1. The molecule has 0 radical (unpaired) electrons. The molecule has 1 aromatic heterocycles. The molecule has 1 amide bonds. The Labute approximate surface area is 172 Å². The van der Waals surface area contributed by atoms with Crippen LogP contribution < -0.4 is 4.74 Å². The molecule has 1 aliphatic carbocycles. The number of rotatable bonds is 3. The molecule has 0 atom stereocenters. The first-order valence-corrected chi connectivity index (χ1v) is 9.89. The van der Waals surface area contributed by atoms with Gasteiger partial charge in [-0.15, -0.1) is 0 Å². The Bertz CT molecular complexity index is 992. The largest absolute Gasteiger partial charge is 0.490 e. The zero-order valence-corrected chi connectivity index (χ0v) is 16.2. The summed E-state index contributed by atoms with van der Waals surface area (Å²) in [5.74, 6) is 0.106. The number of fused-ring (bicyclic) bond motifs is 1. The first-order chi connectivity index (χ1) is 14.4. The first-order valence-electron chi connectivity index (χ1n) is 9.89. The minimum absolute atomic E-state index is 0.00405. The van der Waals surface area contributed by atoms with E-state index in [0.717, 1.165) is 37.1 Å². The van der Waals surface area contributed by atoms with Gasteiger partial charge in [0.25, 0.3) is 5.91 Å². The Morgan fingerprint density at radius 1 is 1.17 bits per heavy atom. The lowest BCUT2D eigenvalue weighted by molar-refractivity contribution is -0.137. The van der Waals surface area contributed by atoms with Gasteiger partial charge in [0.1, 0.15) is 5.75 Å². The second-order valence-corrected chi connectivity index (χ2v) is 7.61. The summed E-state index contributed by atoms with van der Waals surface area (Å²) >= 11 is 0. The van der Waals surface area contributed by atoms with Crippen LogP contribution in [0.15, 0.2) is 36.5 Å². The van der Waals surface area contributed by atoms with Crippen molar-refractivity contribution in [2.45, 2.75) is 50.4 Å². The SMILES string of the molecule is N#Cc1ccc(O[C@H]2CC[C@H](N3CCc4ncccc4C3=O)CC2)cc1C(F)(F)F. The third-order valence-electron chi connectivity index (χ3n) is 5.78. The van der Waals surface area contributed by atoms with E-state index in [-0.39, 0.29) is 23.8 Å². The highest BCUT2D eigenvalue weighted by molar-refractivity contribution is 5.96. The molecule has 5 nitrogen and oxygen atoms in total. The third-order valence-corrected chi connectivity index (χ3v) is 5.78. The number of halogens is 3. The summed E-state index contributed by atoms with van der Waals surface area (Å²) in [6, 6.07) is 8.66.